The number of anilines is 1. The number of nitrogens with two attached hydrogens (primary N) is 1. The smallest absolute Gasteiger partial charge is 0.204 e. The van der Waals surface area contributed by atoms with E-state index in [4.69, 9.17) is 21.4 Å². The van der Waals surface area contributed by atoms with Gasteiger partial charge in [0.05, 0.1) is 11.8 Å². The summed E-state index contributed by atoms with van der Waals surface area (Å²) in [5.41, 5.74) is 8.74. The molecule has 0 aliphatic carbocycles. The van der Waals surface area contributed by atoms with Crippen LogP contribution in [0.15, 0.2) is 39.5 Å². The molecule has 29 heavy (non-hydrogen) atoms. The Morgan fingerprint density at radius 1 is 1.41 bits per heavy atom. The van der Waals surface area contributed by atoms with E-state index in [0.717, 1.165) is 35.1 Å². The Morgan fingerprint density at radius 3 is 2.59 bits per heavy atom. The Hall–Kier alpha value is -2.51. The Morgan fingerprint density at radius 2 is 2.03 bits per heavy atom. The van der Waals surface area contributed by atoms with Crippen molar-refractivity contribution in [3.8, 4) is 0 Å². The molecule has 0 fully saturated rings. The number of halogens is 1. The molecule has 1 aromatic heterocycles. The average Bonchev–Trinajstić information content (AvgIpc) is 2.88. The second-order valence-electron chi connectivity index (χ2n) is 6.55. The highest BCUT2D eigenvalue weighted by atomic mass is 35.5. The lowest BCUT2D eigenvalue weighted by Crippen LogP contribution is -2.34. The number of benzene rings is 1. The van der Waals surface area contributed by atoms with E-state index < -0.39 is 0 Å². The first-order chi connectivity index (χ1) is 13.9. The second kappa shape index (κ2) is 10.3. The molecular formula is C21H26ClN5OS. The molecule has 2 aromatic rings. The summed E-state index contributed by atoms with van der Waals surface area (Å²) in [6.07, 6.45) is 1.20. The third-order valence-electron chi connectivity index (χ3n) is 4.75. The molecule has 154 valence electrons. The average molecular weight is 432 g/mol. The van der Waals surface area contributed by atoms with Gasteiger partial charge in [0.15, 0.2) is 0 Å². The summed E-state index contributed by atoms with van der Waals surface area (Å²) in [5, 5.41) is 9.84. The molecule has 2 N–H and O–H groups in total. The van der Waals surface area contributed by atoms with Crippen LogP contribution in [0.3, 0.4) is 0 Å². The van der Waals surface area contributed by atoms with E-state index in [1.54, 1.807) is 11.3 Å². The standard InChI is InChI=1S/C20H23ClN4S.CH3NO/c1-6-17-11-25(14(4)24-22-5)20-18(12(2)13(3)26-20)19(23-17)15-7-9-16(21)10-8-15;2-1-3/h7-10,17H,5-6,11H2,1-4H3;1H,(H2,2,3)/b24-14-;/t17-;/m0./s1. The maximum absolute atomic E-state index is 8.58. The number of fused-ring (bicyclic) bond motifs is 1. The molecule has 2 heterocycles. The number of rotatable bonds is 3. The summed E-state index contributed by atoms with van der Waals surface area (Å²) in [6, 6.07) is 8.12. The van der Waals surface area contributed by atoms with Crippen molar-refractivity contribution in [2.24, 2.45) is 20.9 Å². The minimum atomic E-state index is 0.176. The van der Waals surface area contributed by atoms with Crippen LogP contribution < -0.4 is 10.6 Å². The van der Waals surface area contributed by atoms with E-state index in [0.29, 0.717) is 0 Å². The molecule has 8 heteroatoms. The largest absolute Gasteiger partial charge is 0.372 e. The van der Waals surface area contributed by atoms with Gasteiger partial charge in [-0.1, -0.05) is 30.7 Å². The maximum Gasteiger partial charge on any atom is 0.204 e. The number of amides is 1. The van der Waals surface area contributed by atoms with E-state index in [1.807, 2.05) is 31.2 Å². The Balaban J connectivity index is 0.000000941. The molecule has 1 atom stereocenters. The molecule has 1 aliphatic rings. The van der Waals surface area contributed by atoms with Crippen molar-refractivity contribution in [2.45, 2.75) is 40.2 Å². The molecule has 0 unspecified atom stereocenters. The number of aryl methyl sites for hydroxylation is 1. The molecule has 6 nitrogen and oxygen atoms in total. The first-order valence-electron chi connectivity index (χ1n) is 9.25. The van der Waals surface area contributed by atoms with Crippen molar-refractivity contribution < 1.29 is 4.79 Å². The van der Waals surface area contributed by atoms with Gasteiger partial charge in [0.1, 0.15) is 10.8 Å². The summed E-state index contributed by atoms with van der Waals surface area (Å²) >= 11 is 7.88. The van der Waals surface area contributed by atoms with Gasteiger partial charge in [0.25, 0.3) is 0 Å². The lowest BCUT2D eigenvalue weighted by Gasteiger charge is -2.23. The fourth-order valence-electron chi connectivity index (χ4n) is 3.14. The number of nitrogens with zero attached hydrogens (tertiary/aromatic N) is 4. The SMILES string of the molecule is C=N/N=C(/C)N1C[C@H](CC)N=C(c2ccc(Cl)cc2)c2c1sc(C)c2C.NC=O. The van der Waals surface area contributed by atoms with Gasteiger partial charge in [-0.15, -0.1) is 16.4 Å². The van der Waals surface area contributed by atoms with Crippen molar-refractivity contribution in [1.82, 2.24) is 0 Å². The normalized spacial score (nSPS) is 16.2. The zero-order valence-corrected chi connectivity index (χ0v) is 18.7. The second-order valence-corrected chi connectivity index (χ2v) is 8.19. The number of hydrogen-bond acceptors (Lipinski definition) is 5. The number of carbonyl (C=O) groups excluding carboxylic acids is 1. The molecule has 0 spiro atoms. The molecule has 0 bridgehead atoms. The summed E-state index contributed by atoms with van der Waals surface area (Å²) in [4.78, 5) is 17.2. The van der Waals surface area contributed by atoms with E-state index in [9.17, 15) is 0 Å². The minimum Gasteiger partial charge on any atom is -0.372 e. The molecule has 0 saturated carbocycles. The Kier molecular flexibility index (Phi) is 8.10. The summed E-state index contributed by atoms with van der Waals surface area (Å²) in [5.74, 6) is 0.841. The number of carbonyl (C=O) groups is 1. The molecule has 1 amide bonds. The van der Waals surface area contributed by atoms with Gasteiger partial charge in [-0.25, -0.2) is 0 Å². The predicted octanol–water partition coefficient (Wildman–Crippen LogP) is 4.59. The Bertz CT molecular complexity index is 933. The van der Waals surface area contributed by atoms with Gasteiger partial charge in [-0.3, -0.25) is 9.79 Å². The lowest BCUT2D eigenvalue weighted by atomic mass is 10.00. The third kappa shape index (κ3) is 5.10. The van der Waals surface area contributed by atoms with Crippen LogP contribution in [0.2, 0.25) is 5.02 Å². The molecule has 3 rings (SSSR count). The van der Waals surface area contributed by atoms with Crippen LogP contribution in [0.1, 0.15) is 41.8 Å². The minimum absolute atomic E-state index is 0.176. The molecular weight excluding hydrogens is 406 g/mol. The topological polar surface area (TPSA) is 83.4 Å². The highest BCUT2D eigenvalue weighted by Crippen LogP contribution is 2.39. The number of primary amides is 1. The van der Waals surface area contributed by atoms with Crippen molar-refractivity contribution in [1.29, 1.82) is 0 Å². The van der Waals surface area contributed by atoms with Crippen LogP contribution >= 0.6 is 22.9 Å². The predicted molar refractivity (Wildman–Crippen MR) is 125 cm³/mol. The first-order valence-corrected chi connectivity index (χ1v) is 10.4. The van der Waals surface area contributed by atoms with Gasteiger partial charge in [0.2, 0.25) is 6.41 Å². The summed E-state index contributed by atoms with van der Waals surface area (Å²) < 4.78 is 0. The fourth-order valence-corrected chi connectivity index (χ4v) is 4.48. The highest BCUT2D eigenvalue weighted by molar-refractivity contribution is 7.17. The van der Waals surface area contributed by atoms with Gasteiger partial charge < -0.3 is 10.6 Å². The van der Waals surface area contributed by atoms with Crippen molar-refractivity contribution in [3.63, 3.8) is 0 Å². The van der Waals surface area contributed by atoms with Crippen LogP contribution in [0.4, 0.5) is 5.00 Å². The Labute approximate surface area is 180 Å². The molecule has 0 radical (unpaired) electrons. The third-order valence-corrected chi connectivity index (χ3v) is 6.23. The van der Waals surface area contributed by atoms with E-state index in [1.165, 1.54) is 21.0 Å². The maximum atomic E-state index is 8.58. The van der Waals surface area contributed by atoms with Crippen LogP contribution in [0.25, 0.3) is 0 Å². The summed E-state index contributed by atoms with van der Waals surface area (Å²) in [6.45, 7) is 12.8. The van der Waals surface area contributed by atoms with E-state index in [-0.39, 0.29) is 12.5 Å². The van der Waals surface area contributed by atoms with Gasteiger partial charge >= 0.3 is 0 Å². The van der Waals surface area contributed by atoms with Crippen LogP contribution in [-0.4, -0.2) is 37.3 Å². The number of amidine groups is 1. The van der Waals surface area contributed by atoms with Crippen molar-refractivity contribution >= 4 is 52.6 Å². The first kappa shape index (κ1) is 22.8. The highest BCUT2D eigenvalue weighted by Gasteiger charge is 2.29. The lowest BCUT2D eigenvalue weighted by molar-refractivity contribution is -0.106. The summed E-state index contributed by atoms with van der Waals surface area (Å²) in [7, 11) is 0. The number of aliphatic imine (C=N–C) groups is 1. The molecule has 0 saturated heterocycles. The van der Waals surface area contributed by atoms with Crippen LogP contribution in [0, 0.1) is 13.8 Å². The monoisotopic (exact) mass is 431 g/mol. The van der Waals surface area contributed by atoms with Crippen molar-refractivity contribution in [3.05, 3.63) is 50.9 Å². The zero-order valence-electron chi connectivity index (χ0n) is 17.1. The van der Waals surface area contributed by atoms with Gasteiger partial charge in [-0.05, 0) is 44.9 Å². The van der Waals surface area contributed by atoms with Crippen molar-refractivity contribution in [2.75, 3.05) is 11.4 Å². The van der Waals surface area contributed by atoms with Gasteiger partial charge in [-0.2, -0.15) is 5.10 Å². The zero-order chi connectivity index (χ0) is 21.6. The van der Waals surface area contributed by atoms with Crippen LogP contribution in [0.5, 0.6) is 0 Å². The van der Waals surface area contributed by atoms with Crippen LogP contribution in [-0.2, 0) is 4.79 Å². The van der Waals surface area contributed by atoms with E-state index >= 15 is 0 Å². The fraction of sp³-hybridized carbons (Fsp3) is 0.333. The molecule has 1 aliphatic heterocycles. The van der Waals surface area contributed by atoms with Gasteiger partial charge in [0, 0.05) is 34.3 Å². The number of hydrogen-bond donors (Lipinski definition) is 1. The molecule has 1 aromatic carbocycles. The quantitative estimate of drug-likeness (QED) is 0.333. The number of thiophene rings is 1. The van der Waals surface area contributed by atoms with E-state index in [2.05, 4.69) is 48.3 Å².